The monoisotopic (exact) mass is 322 g/mol. The number of hydrogen-bond acceptors (Lipinski definition) is 2. The van der Waals surface area contributed by atoms with Gasteiger partial charge in [-0.25, -0.2) is 0 Å². The van der Waals surface area contributed by atoms with E-state index in [1.807, 2.05) is 36.4 Å². The highest BCUT2D eigenvalue weighted by Gasteiger charge is 2.06. The molecular formula is C22H30N2. The van der Waals surface area contributed by atoms with Crippen LogP contribution in [0.15, 0.2) is 78.6 Å². The molecule has 0 aromatic heterocycles. The molecule has 0 bridgehead atoms. The number of rotatable bonds is 8. The predicted molar refractivity (Wildman–Crippen MR) is 108 cm³/mol. The second-order valence-electron chi connectivity index (χ2n) is 6.10. The van der Waals surface area contributed by atoms with Crippen LogP contribution in [0.1, 0.15) is 39.2 Å². The summed E-state index contributed by atoms with van der Waals surface area (Å²) in [4.78, 5) is 0. The minimum Gasteiger partial charge on any atom is -0.399 e. The third-order valence-electron chi connectivity index (χ3n) is 3.49. The van der Waals surface area contributed by atoms with Crippen LogP contribution in [-0.4, -0.2) is 0 Å². The van der Waals surface area contributed by atoms with Crippen molar-refractivity contribution >= 4 is 11.3 Å². The first-order chi connectivity index (χ1) is 11.5. The van der Waals surface area contributed by atoms with Crippen molar-refractivity contribution in [2.75, 3.05) is 5.73 Å². The van der Waals surface area contributed by atoms with Crippen molar-refractivity contribution in [2.24, 2.45) is 11.7 Å². The summed E-state index contributed by atoms with van der Waals surface area (Å²) < 4.78 is 0. The lowest BCUT2D eigenvalue weighted by Gasteiger charge is -2.11. The van der Waals surface area contributed by atoms with Crippen LogP contribution in [0.25, 0.3) is 5.57 Å². The van der Waals surface area contributed by atoms with Gasteiger partial charge in [-0.15, -0.1) is 0 Å². The summed E-state index contributed by atoms with van der Waals surface area (Å²) >= 11 is 0. The molecule has 0 unspecified atom stereocenters. The topological polar surface area (TPSA) is 52.0 Å². The minimum atomic E-state index is 0.410. The molecule has 2 nitrogen and oxygen atoms in total. The van der Waals surface area contributed by atoms with Crippen molar-refractivity contribution in [3.63, 3.8) is 0 Å². The number of benzene rings is 1. The first-order valence-corrected chi connectivity index (χ1v) is 8.49. The van der Waals surface area contributed by atoms with E-state index >= 15 is 0 Å². The van der Waals surface area contributed by atoms with E-state index in [2.05, 4.69) is 51.7 Å². The van der Waals surface area contributed by atoms with Crippen LogP contribution in [0.5, 0.6) is 0 Å². The average molecular weight is 322 g/mol. The van der Waals surface area contributed by atoms with Gasteiger partial charge in [-0.3, -0.25) is 0 Å². The van der Waals surface area contributed by atoms with Gasteiger partial charge in [0.25, 0.3) is 0 Å². The van der Waals surface area contributed by atoms with Gasteiger partial charge in [0.05, 0.1) is 0 Å². The van der Waals surface area contributed by atoms with Crippen LogP contribution >= 0.6 is 0 Å². The molecular weight excluding hydrogens is 292 g/mol. The molecule has 0 saturated heterocycles. The normalized spacial score (nSPS) is 13.8. The zero-order valence-electron chi connectivity index (χ0n) is 15.1. The Balaban J connectivity index is 3.09. The van der Waals surface area contributed by atoms with Gasteiger partial charge in [0.2, 0.25) is 0 Å². The van der Waals surface area contributed by atoms with Gasteiger partial charge >= 0.3 is 0 Å². The highest BCUT2D eigenvalue weighted by molar-refractivity contribution is 5.78. The molecule has 0 fully saturated rings. The Morgan fingerprint density at radius 2 is 1.88 bits per heavy atom. The first-order valence-electron chi connectivity index (χ1n) is 8.49. The van der Waals surface area contributed by atoms with Crippen LogP contribution in [-0.2, 0) is 0 Å². The molecule has 0 amide bonds. The Labute approximate surface area is 147 Å². The summed E-state index contributed by atoms with van der Waals surface area (Å²) in [6.45, 7) is 10.2. The van der Waals surface area contributed by atoms with Crippen molar-refractivity contribution in [3.05, 3.63) is 84.1 Å². The highest BCUT2D eigenvalue weighted by atomic mass is 14.6. The highest BCUT2D eigenvalue weighted by Crippen LogP contribution is 2.24. The van der Waals surface area contributed by atoms with Gasteiger partial charge in [0, 0.05) is 17.0 Å². The maximum Gasteiger partial charge on any atom is 0.0353 e. The lowest BCUT2D eigenvalue weighted by molar-refractivity contribution is 0.833. The van der Waals surface area contributed by atoms with Crippen LogP contribution in [0.3, 0.4) is 0 Å². The molecule has 0 aliphatic rings. The molecule has 0 saturated carbocycles. The predicted octanol–water partition coefficient (Wildman–Crippen LogP) is 5.62. The Kier molecular flexibility index (Phi) is 8.42. The number of nitrogen functional groups attached to an aromatic ring is 1. The third kappa shape index (κ3) is 6.74. The number of anilines is 1. The van der Waals surface area contributed by atoms with Crippen molar-refractivity contribution in [3.8, 4) is 0 Å². The van der Waals surface area contributed by atoms with Gasteiger partial charge < -0.3 is 11.5 Å². The molecule has 1 rings (SSSR count). The van der Waals surface area contributed by atoms with E-state index in [0.717, 1.165) is 35.4 Å². The fraction of sp³-hybridized carbons (Fsp3) is 0.273. The molecule has 0 aliphatic carbocycles. The second-order valence-corrected chi connectivity index (χ2v) is 6.10. The van der Waals surface area contributed by atoms with Crippen molar-refractivity contribution in [1.29, 1.82) is 0 Å². The van der Waals surface area contributed by atoms with Gasteiger partial charge in [0.15, 0.2) is 0 Å². The zero-order chi connectivity index (χ0) is 17.9. The Hall–Kier alpha value is -2.48. The van der Waals surface area contributed by atoms with E-state index in [-0.39, 0.29) is 0 Å². The summed E-state index contributed by atoms with van der Waals surface area (Å²) in [6.07, 6.45) is 14.1. The SMILES string of the molecule is C=C/C=C(\C=C/CC)C/C=C(N)\C(=C/C(C)C)c1ccc(N)cc1. The molecule has 0 heterocycles. The molecule has 1 aromatic carbocycles. The van der Waals surface area contributed by atoms with Crippen LogP contribution in [0.2, 0.25) is 0 Å². The van der Waals surface area contributed by atoms with Crippen molar-refractivity contribution in [2.45, 2.75) is 33.6 Å². The molecule has 1 aromatic rings. The summed E-state index contributed by atoms with van der Waals surface area (Å²) in [5.41, 5.74) is 17.1. The Morgan fingerprint density at radius 3 is 2.42 bits per heavy atom. The fourth-order valence-electron chi connectivity index (χ4n) is 2.31. The van der Waals surface area contributed by atoms with Gasteiger partial charge in [-0.2, -0.15) is 0 Å². The minimum absolute atomic E-state index is 0.410. The third-order valence-corrected chi connectivity index (χ3v) is 3.49. The molecule has 2 heteroatoms. The molecule has 0 spiro atoms. The lowest BCUT2D eigenvalue weighted by Crippen LogP contribution is -2.03. The van der Waals surface area contributed by atoms with E-state index in [1.54, 1.807) is 0 Å². The standard InChI is InChI=1S/C22H30N2/c1-5-7-9-18(8-6-2)10-15-22(24)21(16-17(3)4)19-11-13-20(23)14-12-19/h6-9,11-17H,2,5,10,23-24H2,1,3-4H3/b9-7-,18-8+,21-16-,22-15+. The summed E-state index contributed by atoms with van der Waals surface area (Å²) in [7, 11) is 0. The molecule has 0 radical (unpaired) electrons. The van der Waals surface area contributed by atoms with E-state index in [1.165, 1.54) is 5.57 Å². The summed E-state index contributed by atoms with van der Waals surface area (Å²) in [5.74, 6) is 0.410. The fourth-order valence-corrected chi connectivity index (χ4v) is 2.31. The van der Waals surface area contributed by atoms with Gasteiger partial charge in [-0.05, 0) is 42.0 Å². The van der Waals surface area contributed by atoms with Gasteiger partial charge in [0.1, 0.15) is 0 Å². The maximum atomic E-state index is 6.39. The van der Waals surface area contributed by atoms with Crippen LogP contribution < -0.4 is 11.5 Å². The van der Waals surface area contributed by atoms with Crippen LogP contribution in [0, 0.1) is 5.92 Å². The van der Waals surface area contributed by atoms with Gasteiger partial charge in [-0.1, -0.05) is 75.9 Å². The number of hydrogen-bond donors (Lipinski definition) is 2. The zero-order valence-corrected chi connectivity index (χ0v) is 15.1. The summed E-state index contributed by atoms with van der Waals surface area (Å²) in [6, 6.07) is 7.84. The molecule has 4 N–H and O–H groups in total. The number of allylic oxidation sites excluding steroid dienone is 8. The average Bonchev–Trinajstić information content (AvgIpc) is 2.55. The van der Waals surface area contributed by atoms with E-state index < -0.39 is 0 Å². The molecule has 24 heavy (non-hydrogen) atoms. The first kappa shape index (κ1) is 19.6. The van der Waals surface area contributed by atoms with E-state index in [0.29, 0.717) is 5.92 Å². The van der Waals surface area contributed by atoms with Crippen LogP contribution in [0.4, 0.5) is 5.69 Å². The second kappa shape index (κ2) is 10.3. The quantitative estimate of drug-likeness (QED) is 0.482. The molecule has 0 atom stereocenters. The maximum absolute atomic E-state index is 6.39. The lowest BCUT2D eigenvalue weighted by atomic mass is 9.97. The number of nitrogens with two attached hydrogens (primary N) is 2. The molecule has 0 aliphatic heterocycles. The van der Waals surface area contributed by atoms with Crippen molar-refractivity contribution in [1.82, 2.24) is 0 Å². The Morgan fingerprint density at radius 1 is 1.21 bits per heavy atom. The largest absolute Gasteiger partial charge is 0.399 e. The van der Waals surface area contributed by atoms with E-state index in [9.17, 15) is 0 Å². The van der Waals surface area contributed by atoms with Crippen molar-refractivity contribution < 1.29 is 0 Å². The van der Waals surface area contributed by atoms with E-state index in [4.69, 9.17) is 11.5 Å². The molecule has 128 valence electrons. The smallest absolute Gasteiger partial charge is 0.0353 e. The summed E-state index contributed by atoms with van der Waals surface area (Å²) in [5, 5.41) is 0. The Bertz CT molecular complexity index is 641.